The number of methoxy groups -OCH3 is 1. The summed E-state index contributed by atoms with van der Waals surface area (Å²) in [4.78, 5) is 21.2. The molecule has 1 spiro atoms. The van der Waals surface area contributed by atoms with E-state index in [1.54, 1.807) is 7.11 Å². The quantitative estimate of drug-likeness (QED) is 0.727. The lowest BCUT2D eigenvalue weighted by Gasteiger charge is -2.39. The first-order valence-electron chi connectivity index (χ1n) is 12.2. The minimum absolute atomic E-state index is 0.0282. The Bertz CT molecular complexity index is 923. The third-order valence-electron chi connectivity index (χ3n) is 9.09. The van der Waals surface area contributed by atoms with Crippen molar-refractivity contribution >= 4 is 11.6 Å². The highest BCUT2D eigenvalue weighted by atomic mass is 16.6. The van der Waals surface area contributed by atoms with Gasteiger partial charge in [0.15, 0.2) is 12.0 Å². The number of carbonyl (C=O) groups excluding carboxylic acids is 1. The number of nitrogens with zero attached hydrogens (tertiary/aromatic N) is 2. The van der Waals surface area contributed by atoms with Crippen LogP contribution in [0.4, 0.5) is 0 Å². The average molecular weight is 423 g/mol. The molecular weight excluding hydrogens is 388 g/mol. The number of aliphatic imine (C=N–C) groups is 1. The standard InChI is InChI=1S/C26H34N2O3/c1-25-15-18-10-6-7-11-19(18)20(25)14-22-26(16-21(25)24(29)28(26)12-13-30-2)31-23(27-22)17-8-4-3-5-9-17/h6-7,10-11,17,20-21,23H,3-5,8-9,12-16H2,1-2H3/t20?,21-,23-,25+,26+/m1/s1. The van der Waals surface area contributed by atoms with Gasteiger partial charge in [0.2, 0.25) is 5.91 Å². The predicted octanol–water partition coefficient (Wildman–Crippen LogP) is 4.31. The second kappa shape index (κ2) is 7.14. The van der Waals surface area contributed by atoms with Crippen molar-refractivity contribution < 1.29 is 14.3 Å². The van der Waals surface area contributed by atoms with Crippen LogP contribution < -0.4 is 0 Å². The van der Waals surface area contributed by atoms with Crippen LogP contribution in [0, 0.1) is 17.3 Å². The topological polar surface area (TPSA) is 51.1 Å². The zero-order valence-electron chi connectivity index (χ0n) is 18.8. The molecule has 0 radical (unpaired) electrons. The molecule has 31 heavy (non-hydrogen) atoms. The van der Waals surface area contributed by atoms with E-state index in [0.717, 1.165) is 25.0 Å². The van der Waals surface area contributed by atoms with E-state index >= 15 is 0 Å². The molecule has 0 N–H and O–H groups in total. The van der Waals surface area contributed by atoms with Gasteiger partial charge in [0.25, 0.3) is 0 Å². The first-order valence-corrected chi connectivity index (χ1v) is 12.2. The molecule has 1 amide bonds. The second-order valence-electron chi connectivity index (χ2n) is 10.6. The third-order valence-corrected chi connectivity index (χ3v) is 9.09. The highest BCUT2D eigenvalue weighted by molar-refractivity contribution is 6.02. The van der Waals surface area contributed by atoms with Gasteiger partial charge in [0.05, 0.1) is 12.3 Å². The predicted molar refractivity (Wildman–Crippen MR) is 119 cm³/mol. The first kappa shape index (κ1) is 19.9. The van der Waals surface area contributed by atoms with E-state index in [9.17, 15) is 4.79 Å². The summed E-state index contributed by atoms with van der Waals surface area (Å²) in [6, 6.07) is 8.81. The molecular formula is C26H34N2O3. The van der Waals surface area contributed by atoms with Gasteiger partial charge in [-0.15, -0.1) is 0 Å². The van der Waals surface area contributed by atoms with Crippen LogP contribution in [-0.2, 0) is 20.7 Å². The normalized spacial score (nSPS) is 39.2. The Kier molecular flexibility index (Phi) is 4.59. The molecule has 2 saturated carbocycles. The SMILES string of the molecule is COCCN1C(=O)[C@H]2C[C@@]13O[C@H](C1CCCCC1)N=C3CC1c3ccccc3C[C@@]12C. The van der Waals surface area contributed by atoms with Gasteiger partial charge >= 0.3 is 0 Å². The first-order chi connectivity index (χ1) is 15.1. The van der Waals surface area contributed by atoms with E-state index in [1.165, 1.54) is 43.2 Å². The number of ether oxygens (including phenoxy) is 2. The van der Waals surface area contributed by atoms with Gasteiger partial charge in [0.1, 0.15) is 0 Å². The van der Waals surface area contributed by atoms with Crippen LogP contribution in [-0.4, -0.2) is 48.7 Å². The Labute approximate surface area is 185 Å². The van der Waals surface area contributed by atoms with Crippen molar-refractivity contribution in [3.8, 4) is 0 Å². The van der Waals surface area contributed by atoms with Gasteiger partial charge in [-0.1, -0.05) is 50.5 Å². The maximum Gasteiger partial charge on any atom is 0.229 e. The number of fused-ring (bicyclic) bond motifs is 5. The molecule has 1 aromatic rings. The summed E-state index contributed by atoms with van der Waals surface area (Å²) < 4.78 is 12.3. The molecule has 5 nitrogen and oxygen atoms in total. The fourth-order valence-corrected chi connectivity index (χ4v) is 7.42. The van der Waals surface area contributed by atoms with Crippen molar-refractivity contribution in [3.05, 3.63) is 35.4 Å². The smallest absolute Gasteiger partial charge is 0.229 e. The van der Waals surface area contributed by atoms with Crippen molar-refractivity contribution in [2.75, 3.05) is 20.3 Å². The van der Waals surface area contributed by atoms with Gasteiger partial charge in [-0.25, -0.2) is 0 Å². The summed E-state index contributed by atoms with van der Waals surface area (Å²) in [5.41, 5.74) is 3.24. The molecule has 6 rings (SSSR count). The molecule has 2 heterocycles. The van der Waals surface area contributed by atoms with Crippen LogP contribution in [0.15, 0.2) is 29.3 Å². The van der Waals surface area contributed by atoms with Crippen LogP contribution in [0.3, 0.4) is 0 Å². The number of amides is 1. The molecule has 0 aromatic heterocycles. The van der Waals surface area contributed by atoms with E-state index in [2.05, 4.69) is 31.2 Å². The summed E-state index contributed by atoms with van der Waals surface area (Å²) in [5.74, 6) is 1.05. The Morgan fingerprint density at radius 3 is 2.81 bits per heavy atom. The van der Waals surface area contributed by atoms with Crippen molar-refractivity contribution in [2.24, 2.45) is 22.2 Å². The number of rotatable bonds is 4. The number of hydrogen-bond acceptors (Lipinski definition) is 4. The lowest BCUT2D eigenvalue weighted by molar-refractivity contribution is -0.155. The van der Waals surface area contributed by atoms with E-state index in [4.69, 9.17) is 14.5 Å². The molecule has 166 valence electrons. The number of hydrogen-bond donors (Lipinski definition) is 0. The van der Waals surface area contributed by atoms with E-state index in [1.807, 2.05) is 4.90 Å². The van der Waals surface area contributed by atoms with Crippen LogP contribution in [0.25, 0.3) is 0 Å². The molecule has 1 unspecified atom stereocenters. The van der Waals surface area contributed by atoms with Crippen LogP contribution in [0.1, 0.15) is 68.9 Å². The molecule has 2 bridgehead atoms. The number of carbonyl (C=O) groups is 1. The highest BCUT2D eigenvalue weighted by Gasteiger charge is 2.67. The number of likely N-dealkylation sites (tertiary alicyclic amines) is 1. The minimum Gasteiger partial charge on any atom is -0.383 e. The molecule has 5 heteroatoms. The van der Waals surface area contributed by atoms with Crippen LogP contribution in [0.2, 0.25) is 0 Å². The molecule has 5 aliphatic rings. The van der Waals surface area contributed by atoms with Gasteiger partial charge in [0, 0.05) is 31.9 Å². The Balaban J connectivity index is 1.43. The maximum atomic E-state index is 13.9. The van der Waals surface area contributed by atoms with E-state index in [-0.39, 0.29) is 23.5 Å². The highest BCUT2D eigenvalue weighted by Crippen LogP contribution is 2.62. The maximum absolute atomic E-state index is 13.9. The van der Waals surface area contributed by atoms with Crippen molar-refractivity contribution in [3.63, 3.8) is 0 Å². The summed E-state index contributed by atoms with van der Waals surface area (Å²) in [6.45, 7) is 3.45. The molecule has 5 atom stereocenters. The molecule has 3 aliphatic carbocycles. The molecule has 1 aromatic carbocycles. The minimum atomic E-state index is -0.648. The van der Waals surface area contributed by atoms with Gasteiger partial charge in [-0.3, -0.25) is 9.79 Å². The second-order valence-corrected chi connectivity index (χ2v) is 10.6. The lowest BCUT2D eigenvalue weighted by Crippen LogP contribution is -2.54. The van der Waals surface area contributed by atoms with Crippen molar-refractivity contribution in [2.45, 2.75) is 76.2 Å². The fourth-order valence-electron chi connectivity index (χ4n) is 7.42. The summed E-state index contributed by atoms with van der Waals surface area (Å²) in [5, 5.41) is 0. The Hall–Kier alpha value is -1.72. The summed E-state index contributed by atoms with van der Waals surface area (Å²) in [6.07, 6.45) is 8.78. The van der Waals surface area contributed by atoms with Crippen molar-refractivity contribution in [1.29, 1.82) is 0 Å². The van der Waals surface area contributed by atoms with Crippen molar-refractivity contribution in [1.82, 2.24) is 4.90 Å². The van der Waals surface area contributed by atoms with Gasteiger partial charge in [-0.2, -0.15) is 0 Å². The Morgan fingerprint density at radius 1 is 1.19 bits per heavy atom. The molecule has 2 aliphatic heterocycles. The largest absolute Gasteiger partial charge is 0.383 e. The van der Waals surface area contributed by atoms with Crippen LogP contribution in [0.5, 0.6) is 0 Å². The monoisotopic (exact) mass is 422 g/mol. The zero-order chi connectivity index (χ0) is 21.2. The lowest BCUT2D eigenvalue weighted by atomic mass is 9.67. The molecule has 3 fully saturated rings. The summed E-state index contributed by atoms with van der Waals surface area (Å²) >= 11 is 0. The summed E-state index contributed by atoms with van der Waals surface area (Å²) in [7, 11) is 1.71. The van der Waals surface area contributed by atoms with E-state index < -0.39 is 5.72 Å². The molecule has 1 saturated heterocycles. The van der Waals surface area contributed by atoms with Crippen LogP contribution >= 0.6 is 0 Å². The fraction of sp³-hybridized carbons (Fsp3) is 0.692. The van der Waals surface area contributed by atoms with Gasteiger partial charge in [-0.05, 0) is 48.1 Å². The van der Waals surface area contributed by atoms with Gasteiger partial charge < -0.3 is 14.4 Å². The Morgan fingerprint density at radius 2 is 2.00 bits per heavy atom. The average Bonchev–Trinajstić information content (AvgIpc) is 3.37. The number of benzene rings is 1. The zero-order valence-corrected chi connectivity index (χ0v) is 18.8. The van der Waals surface area contributed by atoms with E-state index in [0.29, 0.717) is 25.0 Å². The third kappa shape index (κ3) is 2.75.